The molecule has 0 atom stereocenters. The lowest BCUT2D eigenvalue weighted by Gasteiger charge is -2.13. The number of anilines is 2. The van der Waals surface area contributed by atoms with Gasteiger partial charge in [0.1, 0.15) is 5.82 Å². The Morgan fingerprint density at radius 3 is 2.82 bits per heavy atom. The normalized spacial score (nSPS) is 14.6. The van der Waals surface area contributed by atoms with Gasteiger partial charge in [-0.05, 0) is 50.2 Å². The van der Waals surface area contributed by atoms with Crippen molar-refractivity contribution in [3.05, 3.63) is 30.0 Å². The van der Waals surface area contributed by atoms with Gasteiger partial charge in [-0.1, -0.05) is 25.5 Å². The van der Waals surface area contributed by atoms with Gasteiger partial charge in [0.15, 0.2) is 0 Å². The third-order valence-electron chi connectivity index (χ3n) is 3.78. The van der Waals surface area contributed by atoms with E-state index in [1.807, 2.05) is 26.0 Å². The zero-order valence-corrected chi connectivity index (χ0v) is 13.7. The molecule has 1 aromatic rings. The zero-order chi connectivity index (χ0) is 15.8. The van der Waals surface area contributed by atoms with Crippen molar-refractivity contribution in [3.8, 4) is 0 Å². The van der Waals surface area contributed by atoms with Gasteiger partial charge in [0.05, 0.1) is 11.9 Å². The largest absolute Gasteiger partial charge is 0.370 e. The highest BCUT2D eigenvalue weighted by Gasteiger charge is 2.06. The van der Waals surface area contributed by atoms with Gasteiger partial charge in [-0.3, -0.25) is 4.79 Å². The molecule has 0 spiro atoms. The molecule has 0 bridgehead atoms. The van der Waals surface area contributed by atoms with Crippen LogP contribution < -0.4 is 10.6 Å². The van der Waals surface area contributed by atoms with E-state index in [-0.39, 0.29) is 5.91 Å². The zero-order valence-electron chi connectivity index (χ0n) is 13.7. The number of carbonyl (C=O) groups excluding carboxylic acids is 1. The summed E-state index contributed by atoms with van der Waals surface area (Å²) in [5.41, 5.74) is 2.32. The Morgan fingerprint density at radius 2 is 2.18 bits per heavy atom. The quantitative estimate of drug-likeness (QED) is 0.735. The smallest absolute Gasteiger partial charge is 0.224 e. The second kappa shape index (κ2) is 8.57. The molecule has 1 amide bonds. The van der Waals surface area contributed by atoms with Crippen molar-refractivity contribution < 1.29 is 4.79 Å². The molecular formula is C18H27N3O. The highest BCUT2D eigenvalue weighted by molar-refractivity contribution is 5.90. The maximum atomic E-state index is 11.7. The van der Waals surface area contributed by atoms with Crippen LogP contribution in [0.4, 0.5) is 11.5 Å². The number of allylic oxidation sites excluding steroid dienone is 1. The van der Waals surface area contributed by atoms with Crippen molar-refractivity contribution in [2.45, 2.75) is 52.4 Å². The first-order valence-electron chi connectivity index (χ1n) is 8.31. The van der Waals surface area contributed by atoms with E-state index >= 15 is 0 Å². The summed E-state index contributed by atoms with van der Waals surface area (Å²) in [6.07, 6.45) is 10.9. The Labute approximate surface area is 133 Å². The van der Waals surface area contributed by atoms with Crippen LogP contribution in [0.3, 0.4) is 0 Å². The highest BCUT2D eigenvalue weighted by atomic mass is 16.1. The molecular weight excluding hydrogens is 274 g/mol. The first-order valence-corrected chi connectivity index (χ1v) is 8.31. The summed E-state index contributed by atoms with van der Waals surface area (Å²) >= 11 is 0. The molecule has 0 saturated carbocycles. The van der Waals surface area contributed by atoms with Crippen molar-refractivity contribution in [3.63, 3.8) is 0 Å². The number of nitrogens with one attached hydrogen (secondary N) is 2. The van der Waals surface area contributed by atoms with Crippen LogP contribution in [0.2, 0.25) is 0 Å². The molecule has 0 aromatic carbocycles. The molecule has 1 aliphatic carbocycles. The molecule has 4 heteroatoms. The van der Waals surface area contributed by atoms with Crippen LogP contribution in [-0.4, -0.2) is 17.4 Å². The molecule has 1 aliphatic rings. The van der Waals surface area contributed by atoms with Crippen molar-refractivity contribution >= 4 is 17.4 Å². The molecule has 2 rings (SSSR count). The van der Waals surface area contributed by atoms with Crippen molar-refractivity contribution in [2.75, 3.05) is 17.2 Å². The number of aromatic nitrogens is 1. The molecule has 1 aromatic heterocycles. The van der Waals surface area contributed by atoms with E-state index in [9.17, 15) is 4.79 Å². The minimum Gasteiger partial charge on any atom is -0.370 e. The average Bonchev–Trinajstić information content (AvgIpc) is 2.49. The maximum absolute atomic E-state index is 11.7. The molecule has 0 fully saturated rings. The molecule has 22 heavy (non-hydrogen) atoms. The van der Waals surface area contributed by atoms with Gasteiger partial charge >= 0.3 is 0 Å². The van der Waals surface area contributed by atoms with E-state index in [4.69, 9.17) is 0 Å². The Morgan fingerprint density at radius 1 is 1.32 bits per heavy atom. The average molecular weight is 301 g/mol. The third kappa shape index (κ3) is 5.88. The standard InChI is InChI=1S/C18H27N3O/c1-14(2)12-18(22)21-16-8-9-17(20-13-16)19-11-10-15-6-4-3-5-7-15/h6,8-9,13-14H,3-5,7,10-12H2,1-2H3,(H,19,20)(H,21,22). The van der Waals surface area contributed by atoms with Crippen LogP contribution in [0.5, 0.6) is 0 Å². The van der Waals surface area contributed by atoms with Gasteiger partial charge in [0, 0.05) is 13.0 Å². The summed E-state index contributed by atoms with van der Waals surface area (Å²) in [5.74, 6) is 1.27. The van der Waals surface area contributed by atoms with E-state index in [0.29, 0.717) is 12.3 Å². The SMILES string of the molecule is CC(C)CC(=O)Nc1ccc(NCCC2=CCCCC2)nc1. The third-order valence-corrected chi connectivity index (χ3v) is 3.78. The number of hydrogen-bond donors (Lipinski definition) is 2. The minimum absolute atomic E-state index is 0.0433. The second-order valence-electron chi connectivity index (χ2n) is 6.36. The van der Waals surface area contributed by atoms with Crippen molar-refractivity contribution in [1.29, 1.82) is 0 Å². The molecule has 4 nitrogen and oxygen atoms in total. The van der Waals surface area contributed by atoms with E-state index < -0.39 is 0 Å². The Kier molecular flexibility index (Phi) is 6.44. The predicted octanol–water partition coefficient (Wildman–Crippen LogP) is 4.37. The fraction of sp³-hybridized carbons (Fsp3) is 0.556. The van der Waals surface area contributed by atoms with Gasteiger partial charge in [-0.25, -0.2) is 4.98 Å². The van der Waals surface area contributed by atoms with Crippen molar-refractivity contribution in [1.82, 2.24) is 4.98 Å². The van der Waals surface area contributed by atoms with Gasteiger partial charge in [0.25, 0.3) is 0 Å². The number of hydrogen-bond acceptors (Lipinski definition) is 3. The number of carbonyl (C=O) groups is 1. The molecule has 0 unspecified atom stereocenters. The molecule has 2 N–H and O–H groups in total. The van der Waals surface area contributed by atoms with Crippen LogP contribution in [0, 0.1) is 5.92 Å². The lowest BCUT2D eigenvalue weighted by atomic mass is 9.97. The lowest BCUT2D eigenvalue weighted by molar-refractivity contribution is -0.116. The summed E-state index contributed by atoms with van der Waals surface area (Å²) in [7, 11) is 0. The molecule has 120 valence electrons. The Bertz CT molecular complexity index is 506. The van der Waals surface area contributed by atoms with Crippen LogP contribution >= 0.6 is 0 Å². The fourth-order valence-electron chi connectivity index (χ4n) is 2.64. The van der Waals surface area contributed by atoms with Gasteiger partial charge in [0.2, 0.25) is 5.91 Å². The van der Waals surface area contributed by atoms with E-state index in [2.05, 4.69) is 21.7 Å². The second-order valence-corrected chi connectivity index (χ2v) is 6.36. The van der Waals surface area contributed by atoms with E-state index in [1.54, 1.807) is 11.8 Å². The van der Waals surface area contributed by atoms with Crippen molar-refractivity contribution in [2.24, 2.45) is 5.92 Å². The minimum atomic E-state index is 0.0433. The van der Waals surface area contributed by atoms with Crippen LogP contribution in [0.15, 0.2) is 30.0 Å². The molecule has 1 heterocycles. The summed E-state index contributed by atoms with van der Waals surface area (Å²) in [4.78, 5) is 16.0. The van der Waals surface area contributed by atoms with Crippen LogP contribution in [0.25, 0.3) is 0 Å². The Balaban J connectivity index is 1.74. The number of nitrogens with zero attached hydrogens (tertiary/aromatic N) is 1. The van der Waals surface area contributed by atoms with Gasteiger partial charge in [-0.15, -0.1) is 0 Å². The first-order chi connectivity index (χ1) is 10.6. The van der Waals surface area contributed by atoms with Gasteiger partial charge in [-0.2, -0.15) is 0 Å². The van der Waals surface area contributed by atoms with E-state index in [1.165, 1.54) is 25.7 Å². The summed E-state index contributed by atoms with van der Waals surface area (Å²) in [6.45, 7) is 4.98. The molecule has 0 saturated heterocycles. The maximum Gasteiger partial charge on any atom is 0.224 e. The number of rotatable bonds is 7. The number of amides is 1. The highest BCUT2D eigenvalue weighted by Crippen LogP contribution is 2.20. The molecule has 0 radical (unpaired) electrons. The van der Waals surface area contributed by atoms with Crippen LogP contribution in [0.1, 0.15) is 52.4 Å². The Hall–Kier alpha value is -1.84. The number of pyridine rings is 1. The fourth-order valence-corrected chi connectivity index (χ4v) is 2.64. The van der Waals surface area contributed by atoms with E-state index in [0.717, 1.165) is 24.5 Å². The topological polar surface area (TPSA) is 54.0 Å². The summed E-state index contributed by atoms with van der Waals surface area (Å²) < 4.78 is 0. The predicted molar refractivity (Wildman–Crippen MR) is 92.0 cm³/mol. The van der Waals surface area contributed by atoms with Crippen LogP contribution in [-0.2, 0) is 4.79 Å². The summed E-state index contributed by atoms with van der Waals surface area (Å²) in [6, 6.07) is 3.81. The summed E-state index contributed by atoms with van der Waals surface area (Å²) in [5, 5.41) is 6.21. The monoisotopic (exact) mass is 301 g/mol. The molecule has 0 aliphatic heterocycles. The van der Waals surface area contributed by atoms with Gasteiger partial charge < -0.3 is 10.6 Å². The lowest BCUT2D eigenvalue weighted by Crippen LogP contribution is -2.14. The first kappa shape index (κ1) is 16.5.